The molecule has 76 valence electrons. The SMILES string of the molecule is [C-]#[N+]C[C@H]1CN(C)CCN1C(=O)C=C. The molecule has 0 unspecified atom stereocenters. The van der Waals surface area contributed by atoms with E-state index in [0.29, 0.717) is 13.1 Å². The highest BCUT2D eigenvalue weighted by Gasteiger charge is 2.29. The van der Waals surface area contributed by atoms with Gasteiger partial charge in [0.15, 0.2) is 0 Å². The Morgan fingerprint density at radius 1 is 1.71 bits per heavy atom. The summed E-state index contributed by atoms with van der Waals surface area (Å²) in [5, 5.41) is 0. The first-order valence-corrected chi connectivity index (χ1v) is 4.64. The number of amides is 1. The Balaban J connectivity index is 2.67. The number of carbonyl (C=O) groups is 1. The molecule has 4 heteroatoms. The lowest BCUT2D eigenvalue weighted by Crippen LogP contribution is -2.54. The largest absolute Gasteiger partial charge is 0.326 e. The van der Waals surface area contributed by atoms with Crippen molar-refractivity contribution in [3.63, 3.8) is 0 Å². The summed E-state index contributed by atoms with van der Waals surface area (Å²) in [5.41, 5.74) is 0. The van der Waals surface area contributed by atoms with Crippen LogP contribution in [0.5, 0.6) is 0 Å². The molecule has 1 amide bonds. The summed E-state index contributed by atoms with van der Waals surface area (Å²) in [7, 11) is 2.01. The molecule has 0 aromatic carbocycles. The molecule has 1 fully saturated rings. The van der Waals surface area contributed by atoms with Gasteiger partial charge in [-0.15, -0.1) is 0 Å². The summed E-state index contributed by atoms with van der Waals surface area (Å²) < 4.78 is 0. The number of piperazine rings is 1. The molecule has 0 N–H and O–H groups in total. The van der Waals surface area contributed by atoms with Crippen molar-refractivity contribution in [3.8, 4) is 0 Å². The van der Waals surface area contributed by atoms with Crippen molar-refractivity contribution in [2.24, 2.45) is 0 Å². The summed E-state index contributed by atoms with van der Waals surface area (Å²) in [6, 6.07) is 0.0248. The van der Waals surface area contributed by atoms with Crippen LogP contribution in [0.4, 0.5) is 0 Å². The molecule has 0 saturated carbocycles. The molecule has 14 heavy (non-hydrogen) atoms. The summed E-state index contributed by atoms with van der Waals surface area (Å²) in [5.74, 6) is -0.0632. The van der Waals surface area contributed by atoms with E-state index in [2.05, 4.69) is 16.3 Å². The molecule has 0 spiro atoms. The predicted octanol–water partition coefficient (Wildman–Crippen LogP) is 0.234. The average Bonchev–Trinajstić information content (AvgIpc) is 2.17. The molecule has 1 aliphatic rings. The highest BCUT2D eigenvalue weighted by Crippen LogP contribution is 2.09. The lowest BCUT2D eigenvalue weighted by Gasteiger charge is -2.36. The van der Waals surface area contributed by atoms with Gasteiger partial charge in [-0.1, -0.05) is 6.58 Å². The van der Waals surface area contributed by atoms with Crippen LogP contribution in [0.15, 0.2) is 12.7 Å². The van der Waals surface area contributed by atoms with Gasteiger partial charge in [0.25, 0.3) is 0 Å². The quantitative estimate of drug-likeness (QED) is 0.464. The zero-order valence-corrected chi connectivity index (χ0v) is 8.44. The van der Waals surface area contributed by atoms with E-state index in [4.69, 9.17) is 6.57 Å². The molecule has 1 aliphatic heterocycles. The van der Waals surface area contributed by atoms with E-state index < -0.39 is 0 Å². The van der Waals surface area contributed by atoms with E-state index in [-0.39, 0.29) is 11.9 Å². The van der Waals surface area contributed by atoms with E-state index >= 15 is 0 Å². The van der Waals surface area contributed by atoms with Gasteiger partial charge in [0.05, 0.1) is 0 Å². The zero-order chi connectivity index (χ0) is 10.6. The minimum Gasteiger partial charge on any atom is -0.326 e. The van der Waals surface area contributed by atoms with Gasteiger partial charge in [-0.05, 0) is 13.1 Å². The van der Waals surface area contributed by atoms with Gasteiger partial charge in [-0.3, -0.25) is 4.79 Å². The monoisotopic (exact) mass is 193 g/mol. The van der Waals surface area contributed by atoms with Crippen LogP contribution in [0.25, 0.3) is 4.85 Å². The first-order valence-electron chi connectivity index (χ1n) is 4.64. The summed E-state index contributed by atoms with van der Waals surface area (Å²) in [4.78, 5) is 18.7. The van der Waals surface area contributed by atoms with Gasteiger partial charge < -0.3 is 14.6 Å². The molecular weight excluding hydrogens is 178 g/mol. The fraction of sp³-hybridized carbons (Fsp3) is 0.600. The number of hydrogen-bond donors (Lipinski definition) is 0. The Morgan fingerprint density at radius 2 is 2.43 bits per heavy atom. The average molecular weight is 193 g/mol. The minimum absolute atomic E-state index is 0.0248. The predicted molar refractivity (Wildman–Crippen MR) is 54.7 cm³/mol. The smallest absolute Gasteiger partial charge is 0.246 e. The Kier molecular flexibility index (Phi) is 3.66. The lowest BCUT2D eigenvalue weighted by molar-refractivity contribution is -0.130. The molecular formula is C10H15N3O. The van der Waals surface area contributed by atoms with Crippen LogP contribution >= 0.6 is 0 Å². The minimum atomic E-state index is -0.0632. The standard InChI is InChI=1S/C10H15N3O/c1-4-10(14)13-6-5-12(3)8-9(13)7-11-2/h4,9H,1,5-8H2,3H3/t9-/m0/s1. The van der Waals surface area contributed by atoms with Crippen LogP contribution in [0, 0.1) is 6.57 Å². The van der Waals surface area contributed by atoms with Crippen molar-refractivity contribution in [1.29, 1.82) is 0 Å². The van der Waals surface area contributed by atoms with Crippen LogP contribution in [-0.2, 0) is 4.79 Å². The normalized spacial score (nSPS) is 22.9. The van der Waals surface area contributed by atoms with Crippen molar-refractivity contribution in [2.75, 3.05) is 33.2 Å². The molecule has 4 nitrogen and oxygen atoms in total. The summed E-state index contributed by atoms with van der Waals surface area (Å²) in [6.45, 7) is 13.0. The third kappa shape index (κ3) is 2.33. The van der Waals surface area contributed by atoms with Crippen LogP contribution in [0.2, 0.25) is 0 Å². The van der Waals surface area contributed by atoms with Gasteiger partial charge in [-0.25, -0.2) is 6.57 Å². The van der Waals surface area contributed by atoms with Gasteiger partial charge in [0.1, 0.15) is 6.04 Å². The first kappa shape index (κ1) is 10.7. The third-order valence-electron chi connectivity index (χ3n) is 2.45. The number of carbonyl (C=O) groups excluding carboxylic acids is 1. The van der Waals surface area contributed by atoms with Gasteiger partial charge in [0, 0.05) is 19.6 Å². The van der Waals surface area contributed by atoms with Crippen molar-refractivity contribution in [2.45, 2.75) is 6.04 Å². The number of nitrogens with zero attached hydrogens (tertiary/aromatic N) is 3. The van der Waals surface area contributed by atoms with Crippen molar-refractivity contribution < 1.29 is 4.79 Å². The highest BCUT2D eigenvalue weighted by molar-refractivity contribution is 5.87. The maximum atomic E-state index is 11.4. The maximum absolute atomic E-state index is 11.4. The van der Waals surface area contributed by atoms with Crippen molar-refractivity contribution >= 4 is 5.91 Å². The van der Waals surface area contributed by atoms with Gasteiger partial charge in [0.2, 0.25) is 12.5 Å². The Morgan fingerprint density at radius 3 is 3.00 bits per heavy atom. The highest BCUT2D eigenvalue weighted by atomic mass is 16.2. The second kappa shape index (κ2) is 4.77. The van der Waals surface area contributed by atoms with E-state index in [9.17, 15) is 4.79 Å². The summed E-state index contributed by atoms with van der Waals surface area (Å²) in [6.07, 6.45) is 1.32. The molecule has 1 heterocycles. The fourth-order valence-corrected chi connectivity index (χ4v) is 1.68. The third-order valence-corrected chi connectivity index (χ3v) is 2.45. The zero-order valence-electron chi connectivity index (χ0n) is 8.44. The molecule has 0 radical (unpaired) electrons. The molecule has 1 saturated heterocycles. The number of hydrogen-bond acceptors (Lipinski definition) is 2. The van der Waals surface area contributed by atoms with Gasteiger partial charge in [-0.2, -0.15) is 0 Å². The molecule has 0 aromatic heterocycles. The van der Waals surface area contributed by atoms with E-state index in [1.165, 1.54) is 6.08 Å². The Hall–Kier alpha value is -1.34. The molecule has 1 rings (SSSR count). The molecule has 0 bridgehead atoms. The van der Waals surface area contributed by atoms with Crippen LogP contribution in [0.3, 0.4) is 0 Å². The lowest BCUT2D eigenvalue weighted by atomic mass is 10.1. The maximum Gasteiger partial charge on any atom is 0.246 e. The molecule has 1 atom stereocenters. The van der Waals surface area contributed by atoms with Crippen LogP contribution in [0.1, 0.15) is 0 Å². The van der Waals surface area contributed by atoms with Gasteiger partial charge >= 0.3 is 0 Å². The topological polar surface area (TPSA) is 27.9 Å². The molecule has 0 aromatic rings. The van der Waals surface area contributed by atoms with E-state index in [1.54, 1.807) is 4.90 Å². The van der Waals surface area contributed by atoms with E-state index in [0.717, 1.165) is 13.1 Å². The second-order valence-electron chi connectivity index (χ2n) is 3.49. The second-order valence-corrected chi connectivity index (χ2v) is 3.49. The number of rotatable bonds is 2. The van der Waals surface area contributed by atoms with Crippen LogP contribution in [-0.4, -0.2) is 55.0 Å². The number of likely N-dealkylation sites (N-methyl/N-ethyl adjacent to an activating group) is 1. The fourth-order valence-electron chi connectivity index (χ4n) is 1.68. The van der Waals surface area contributed by atoms with E-state index in [1.807, 2.05) is 7.05 Å². The molecule has 0 aliphatic carbocycles. The Bertz CT molecular complexity index is 269. The summed E-state index contributed by atoms with van der Waals surface area (Å²) >= 11 is 0. The first-order chi connectivity index (χ1) is 6.69. The van der Waals surface area contributed by atoms with Crippen molar-refractivity contribution in [3.05, 3.63) is 24.1 Å². The van der Waals surface area contributed by atoms with Crippen LogP contribution < -0.4 is 0 Å². The Labute approximate surface area is 84.6 Å². The van der Waals surface area contributed by atoms with Crippen molar-refractivity contribution in [1.82, 2.24) is 9.80 Å².